The van der Waals surface area contributed by atoms with Gasteiger partial charge in [0, 0.05) is 32.7 Å². The summed E-state index contributed by atoms with van der Waals surface area (Å²) in [6, 6.07) is 0. The van der Waals surface area contributed by atoms with E-state index in [2.05, 4.69) is 27.7 Å². The number of fused-ring (bicyclic) bond motifs is 2. The summed E-state index contributed by atoms with van der Waals surface area (Å²) in [6.07, 6.45) is 7.66. The predicted molar refractivity (Wildman–Crippen MR) is 75.3 cm³/mol. The zero-order chi connectivity index (χ0) is 12.6. The Hall–Kier alpha value is 1.10. The molecule has 3 rings (SSSR count). The molecule has 103 valence electrons. The Bertz CT molecular complexity index is 226. The van der Waals surface area contributed by atoms with Gasteiger partial charge in [0.2, 0.25) is 0 Å². The van der Waals surface area contributed by atoms with Crippen LogP contribution in [-0.2, 0) is 32.7 Å². The fourth-order valence-corrected chi connectivity index (χ4v) is 5.05. The summed E-state index contributed by atoms with van der Waals surface area (Å²) in [4.78, 5) is 0. The van der Waals surface area contributed by atoms with Crippen LogP contribution in [0.4, 0.5) is 0 Å². The molecule has 0 aromatic rings. The van der Waals surface area contributed by atoms with Gasteiger partial charge in [-0.05, 0) is 36.5 Å². The van der Waals surface area contributed by atoms with Crippen molar-refractivity contribution in [2.75, 3.05) is 0 Å². The molecule has 7 atom stereocenters. The monoisotopic (exact) mass is 323 g/mol. The maximum absolute atomic E-state index is 4.47. The van der Waals surface area contributed by atoms with Gasteiger partial charge in [-0.1, -0.05) is 44.9 Å². The van der Waals surface area contributed by atoms with E-state index in [1.165, 1.54) is 25.7 Å². The molecule has 1 radical (unpaired) electrons. The third-order valence-electron chi connectivity index (χ3n) is 6.25. The third kappa shape index (κ3) is 2.90. The van der Waals surface area contributed by atoms with Gasteiger partial charge >= 0.3 is 0 Å². The summed E-state index contributed by atoms with van der Waals surface area (Å²) < 4.78 is 0. The van der Waals surface area contributed by atoms with E-state index in [-0.39, 0.29) is 32.7 Å². The first-order chi connectivity index (χ1) is 8.18. The molecule has 3 saturated carbocycles. The molecule has 1 heteroatoms. The van der Waals surface area contributed by atoms with Gasteiger partial charge in [-0.15, -0.1) is 0 Å². The minimum absolute atomic E-state index is 0. The Kier molecular flexibility index (Phi) is 6.87. The number of rotatable bonds is 0. The molecule has 18 heavy (non-hydrogen) atoms. The summed E-state index contributed by atoms with van der Waals surface area (Å²) in [7, 11) is 0. The van der Waals surface area contributed by atoms with E-state index in [0.29, 0.717) is 0 Å². The summed E-state index contributed by atoms with van der Waals surface area (Å²) in [5.74, 6) is 6.78. The van der Waals surface area contributed by atoms with Crippen molar-refractivity contribution in [3.8, 4) is 0 Å². The van der Waals surface area contributed by atoms with Crippen LogP contribution in [0.2, 0.25) is 0 Å². The van der Waals surface area contributed by atoms with Crippen LogP contribution in [0.3, 0.4) is 0 Å². The molecule has 3 aliphatic carbocycles. The van der Waals surface area contributed by atoms with Crippen LogP contribution in [0.25, 0.3) is 0 Å². The van der Waals surface area contributed by atoms with Crippen LogP contribution >= 0.6 is 0 Å². The van der Waals surface area contributed by atoms with E-state index >= 15 is 0 Å². The van der Waals surface area contributed by atoms with Crippen molar-refractivity contribution in [2.24, 2.45) is 41.4 Å². The second-order valence-electron chi connectivity index (χ2n) is 6.63. The largest absolute Gasteiger partial charge is 0.346 e. The second-order valence-corrected chi connectivity index (χ2v) is 6.63. The fourth-order valence-electron chi connectivity index (χ4n) is 5.05. The molecule has 0 spiro atoms. The molecule has 0 N–H and O–H groups in total. The first-order valence-electron chi connectivity index (χ1n) is 7.72. The molecule has 0 bridgehead atoms. The predicted octanol–water partition coefficient (Wildman–Crippen LogP) is 5.00. The van der Waals surface area contributed by atoms with Gasteiger partial charge in [-0.3, -0.25) is 0 Å². The van der Waals surface area contributed by atoms with Gasteiger partial charge in [0.05, 0.1) is 0 Å². The second kappa shape index (κ2) is 7.21. The molecule has 0 aromatic heterocycles. The van der Waals surface area contributed by atoms with Gasteiger partial charge in [0.25, 0.3) is 0 Å². The van der Waals surface area contributed by atoms with E-state index in [0.717, 1.165) is 41.4 Å². The topological polar surface area (TPSA) is 0 Å². The molecule has 7 unspecified atom stereocenters. The van der Waals surface area contributed by atoms with Crippen molar-refractivity contribution < 1.29 is 32.7 Å². The molecule has 3 fully saturated rings. The minimum atomic E-state index is 0. The Morgan fingerprint density at radius 3 is 1.89 bits per heavy atom. The standard InChI is InChI=1S/C15H25.C2H5.Y/c1-9-10(2)14-7-12-5-4-6-13(12)8-15(14)11(9)3;1-2;/h9-15H,2,4-8H2,1,3H3;1H2,2H3;/q2*-1;. The van der Waals surface area contributed by atoms with Crippen LogP contribution in [0.15, 0.2) is 0 Å². The molecule has 0 nitrogen and oxygen atoms in total. The Morgan fingerprint density at radius 1 is 0.833 bits per heavy atom. The van der Waals surface area contributed by atoms with Gasteiger partial charge in [-0.2, -0.15) is 12.8 Å². The summed E-state index contributed by atoms with van der Waals surface area (Å²) >= 11 is 0. The van der Waals surface area contributed by atoms with E-state index in [1.54, 1.807) is 13.3 Å². The summed E-state index contributed by atoms with van der Waals surface area (Å²) in [5, 5.41) is 0. The van der Waals surface area contributed by atoms with Crippen LogP contribution in [0, 0.1) is 55.3 Å². The maximum atomic E-state index is 4.47. The fraction of sp³-hybridized carbons (Fsp3) is 0.882. The van der Waals surface area contributed by atoms with Crippen molar-refractivity contribution in [3.63, 3.8) is 0 Å². The van der Waals surface area contributed by atoms with Crippen LogP contribution in [0.5, 0.6) is 0 Å². The first kappa shape index (κ1) is 17.2. The van der Waals surface area contributed by atoms with Gasteiger partial charge < -0.3 is 13.8 Å². The molecule has 0 saturated heterocycles. The molecular formula is C17H30Y-2. The summed E-state index contributed by atoms with van der Waals surface area (Å²) in [6.45, 7) is 14.4. The van der Waals surface area contributed by atoms with E-state index < -0.39 is 0 Å². The third-order valence-corrected chi connectivity index (χ3v) is 6.25. The van der Waals surface area contributed by atoms with Gasteiger partial charge in [0.15, 0.2) is 0 Å². The normalized spacial score (nSPS) is 49.5. The number of hydrogen-bond donors (Lipinski definition) is 0. The van der Waals surface area contributed by atoms with Crippen molar-refractivity contribution in [3.05, 3.63) is 13.8 Å². The summed E-state index contributed by atoms with van der Waals surface area (Å²) in [5.41, 5.74) is 0. The SMILES string of the molecule is [CH2-]C.[CH2-]C1C(C)C(C)C2CC3CCCC3CC12.[Y]. The van der Waals surface area contributed by atoms with E-state index in [9.17, 15) is 0 Å². The quantitative estimate of drug-likeness (QED) is 0.550. The molecule has 0 amide bonds. The molecule has 0 heterocycles. The van der Waals surface area contributed by atoms with E-state index in [1.807, 2.05) is 0 Å². The number of hydrogen-bond acceptors (Lipinski definition) is 0. The van der Waals surface area contributed by atoms with Crippen molar-refractivity contribution >= 4 is 0 Å². The minimum Gasteiger partial charge on any atom is -0.346 e. The van der Waals surface area contributed by atoms with Gasteiger partial charge in [-0.25, -0.2) is 0 Å². The Balaban J connectivity index is 0.000000516. The molecule has 0 aliphatic heterocycles. The molecular weight excluding hydrogens is 293 g/mol. The van der Waals surface area contributed by atoms with Crippen LogP contribution < -0.4 is 0 Å². The smallest absolute Gasteiger partial charge is 0 e. The van der Waals surface area contributed by atoms with Crippen molar-refractivity contribution in [1.82, 2.24) is 0 Å². The average molecular weight is 323 g/mol. The first-order valence-corrected chi connectivity index (χ1v) is 7.72. The van der Waals surface area contributed by atoms with Crippen molar-refractivity contribution in [2.45, 2.75) is 52.9 Å². The van der Waals surface area contributed by atoms with Crippen LogP contribution in [-0.4, -0.2) is 0 Å². The van der Waals surface area contributed by atoms with E-state index in [4.69, 9.17) is 0 Å². The zero-order valence-corrected chi connectivity index (χ0v) is 15.4. The molecule has 0 aromatic carbocycles. The van der Waals surface area contributed by atoms with Gasteiger partial charge in [0.1, 0.15) is 0 Å². The molecule has 3 aliphatic rings. The zero-order valence-electron chi connectivity index (χ0n) is 12.6. The van der Waals surface area contributed by atoms with Crippen molar-refractivity contribution in [1.29, 1.82) is 0 Å². The maximum Gasteiger partial charge on any atom is 0 e. The van der Waals surface area contributed by atoms with Crippen LogP contribution in [0.1, 0.15) is 52.9 Å². The Morgan fingerprint density at radius 2 is 1.33 bits per heavy atom. The average Bonchev–Trinajstić information content (AvgIpc) is 2.90. The Labute approximate surface area is 140 Å².